The van der Waals surface area contributed by atoms with Crippen molar-refractivity contribution in [2.45, 2.75) is 11.8 Å². The maximum Gasteiger partial charge on any atom is 0.247 e. The Bertz CT molecular complexity index is 513. The zero-order valence-electron chi connectivity index (χ0n) is 9.53. The van der Waals surface area contributed by atoms with Crippen molar-refractivity contribution in [3.8, 4) is 0 Å². The van der Waals surface area contributed by atoms with Crippen molar-refractivity contribution in [2.24, 2.45) is 0 Å². The number of benzene rings is 1. The van der Waals surface area contributed by atoms with Crippen LogP contribution in [-0.4, -0.2) is 37.5 Å². The molecule has 18 heavy (non-hydrogen) atoms. The Labute approximate surface area is 112 Å². The number of rotatable bonds is 5. The van der Waals surface area contributed by atoms with Crippen molar-refractivity contribution in [3.63, 3.8) is 0 Å². The standard InChI is InChI=1S/C10H12BrF2NO3S/c1-2-14(3-4-15)18(16,17)10-8(11)5-7(12)6-9(10)13/h5-6,15H,2-4H2,1H3. The highest BCUT2D eigenvalue weighted by molar-refractivity contribution is 9.10. The second-order valence-corrected chi connectivity index (χ2v) is 6.15. The van der Waals surface area contributed by atoms with Crippen LogP contribution in [0.5, 0.6) is 0 Å². The molecule has 0 bridgehead atoms. The van der Waals surface area contributed by atoms with Crippen LogP contribution in [0.3, 0.4) is 0 Å². The molecule has 0 heterocycles. The summed E-state index contributed by atoms with van der Waals surface area (Å²) in [6.07, 6.45) is 0. The van der Waals surface area contributed by atoms with Crippen LogP contribution < -0.4 is 0 Å². The van der Waals surface area contributed by atoms with E-state index in [2.05, 4.69) is 15.9 Å². The van der Waals surface area contributed by atoms with E-state index in [0.717, 1.165) is 10.4 Å². The maximum atomic E-state index is 13.6. The molecular weight excluding hydrogens is 332 g/mol. The largest absolute Gasteiger partial charge is 0.395 e. The van der Waals surface area contributed by atoms with E-state index in [-0.39, 0.29) is 24.2 Å². The van der Waals surface area contributed by atoms with Gasteiger partial charge >= 0.3 is 0 Å². The summed E-state index contributed by atoms with van der Waals surface area (Å²) in [7, 11) is -4.11. The van der Waals surface area contributed by atoms with E-state index in [1.54, 1.807) is 6.92 Å². The Morgan fingerprint density at radius 2 is 2.00 bits per heavy atom. The highest BCUT2D eigenvalue weighted by Crippen LogP contribution is 2.28. The number of aliphatic hydroxyl groups excluding tert-OH is 1. The fraction of sp³-hybridized carbons (Fsp3) is 0.400. The normalized spacial score (nSPS) is 12.1. The van der Waals surface area contributed by atoms with Crippen molar-refractivity contribution in [2.75, 3.05) is 19.7 Å². The molecule has 1 aromatic rings. The summed E-state index contributed by atoms with van der Waals surface area (Å²) in [5, 5.41) is 8.79. The first-order valence-electron chi connectivity index (χ1n) is 5.10. The Morgan fingerprint density at radius 1 is 1.39 bits per heavy atom. The predicted octanol–water partition coefficient (Wildman–Crippen LogP) is 1.73. The van der Waals surface area contributed by atoms with Crippen molar-refractivity contribution >= 4 is 26.0 Å². The van der Waals surface area contributed by atoms with Gasteiger partial charge in [-0.1, -0.05) is 6.92 Å². The summed E-state index contributed by atoms with van der Waals surface area (Å²) in [6, 6.07) is 1.38. The molecule has 0 saturated heterocycles. The zero-order chi connectivity index (χ0) is 13.9. The fourth-order valence-corrected chi connectivity index (χ4v) is 4.02. The maximum absolute atomic E-state index is 13.6. The van der Waals surface area contributed by atoms with Gasteiger partial charge in [0.2, 0.25) is 10.0 Å². The first kappa shape index (κ1) is 15.5. The summed E-state index contributed by atoms with van der Waals surface area (Å²) in [4.78, 5) is -0.626. The number of hydrogen-bond donors (Lipinski definition) is 1. The van der Waals surface area contributed by atoms with Crippen LogP contribution in [-0.2, 0) is 10.0 Å². The summed E-state index contributed by atoms with van der Waals surface area (Å²) < 4.78 is 51.5. The number of nitrogens with zero attached hydrogens (tertiary/aromatic N) is 1. The lowest BCUT2D eigenvalue weighted by Crippen LogP contribution is -2.34. The Balaban J connectivity index is 3.36. The molecule has 0 atom stereocenters. The second kappa shape index (κ2) is 6.05. The molecule has 0 aliphatic rings. The summed E-state index contributed by atoms with van der Waals surface area (Å²) in [5.74, 6) is -2.04. The fourth-order valence-electron chi connectivity index (χ4n) is 1.46. The minimum absolute atomic E-state index is 0.0755. The smallest absolute Gasteiger partial charge is 0.247 e. The molecule has 4 nitrogen and oxygen atoms in total. The highest BCUT2D eigenvalue weighted by atomic mass is 79.9. The van der Waals surface area contributed by atoms with Crippen LogP contribution in [0.2, 0.25) is 0 Å². The number of aliphatic hydroxyl groups is 1. The topological polar surface area (TPSA) is 57.6 Å². The third-order valence-corrected chi connectivity index (χ3v) is 5.20. The molecular formula is C10H12BrF2NO3S. The molecule has 0 aromatic heterocycles. The Morgan fingerprint density at radius 3 is 2.44 bits per heavy atom. The molecule has 0 aliphatic carbocycles. The van der Waals surface area contributed by atoms with Gasteiger partial charge in [-0.2, -0.15) is 4.31 Å². The number of hydrogen-bond acceptors (Lipinski definition) is 3. The van der Waals surface area contributed by atoms with Crippen LogP contribution in [0, 0.1) is 11.6 Å². The van der Waals surface area contributed by atoms with Crippen LogP contribution >= 0.6 is 15.9 Å². The molecule has 1 rings (SSSR count). The lowest BCUT2D eigenvalue weighted by molar-refractivity contribution is 0.256. The average Bonchev–Trinajstić information content (AvgIpc) is 2.23. The lowest BCUT2D eigenvalue weighted by Gasteiger charge is -2.20. The van der Waals surface area contributed by atoms with E-state index in [1.165, 1.54) is 0 Å². The van der Waals surface area contributed by atoms with E-state index < -0.39 is 26.6 Å². The van der Waals surface area contributed by atoms with Gasteiger partial charge in [-0.25, -0.2) is 17.2 Å². The van der Waals surface area contributed by atoms with Gasteiger partial charge in [0.15, 0.2) is 0 Å². The number of likely N-dealkylation sites (N-methyl/N-ethyl adjacent to an activating group) is 1. The third-order valence-electron chi connectivity index (χ3n) is 2.26. The van der Waals surface area contributed by atoms with Gasteiger partial charge in [0.1, 0.15) is 16.5 Å². The van der Waals surface area contributed by atoms with Crippen molar-refractivity contribution in [1.29, 1.82) is 0 Å². The molecule has 0 amide bonds. The molecule has 0 fully saturated rings. The van der Waals surface area contributed by atoms with Gasteiger partial charge in [0, 0.05) is 23.6 Å². The van der Waals surface area contributed by atoms with Gasteiger partial charge in [-0.15, -0.1) is 0 Å². The minimum Gasteiger partial charge on any atom is -0.395 e. The second-order valence-electron chi connectivity index (χ2n) is 3.42. The molecule has 8 heteroatoms. The summed E-state index contributed by atoms with van der Waals surface area (Å²) >= 11 is 2.83. The number of sulfonamides is 1. The Hall–Kier alpha value is -0.570. The molecule has 1 N–H and O–H groups in total. The molecule has 0 unspecified atom stereocenters. The molecule has 0 spiro atoms. The van der Waals surface area contributed by atoms with Crippen LogP contribution in [0.25, 0.3) is 0 Å². The van der Waals surface area contributed by atoms with Gasteiger partial charge in [0.05, 0.1) is 6.61 Å². The average molecular weight is 344 g/mol. The highest BCUT2D eigenvalue weighted by Gasteiger charge is 2.29. The van der Waals surface area contributed by atoms with E-state index in [1.807, 2.05) is 0 Å². The lowest BCUT2D eigenvalue weighted by atomic mass is 10.3. The van der Waals surface area contributed by atoms with E-state index in [0.29, 0.717) is 6.07 Å². The predicted molar refractivity (Wildman–Crippen MR) is 65.6 cm³/mol. The molecule has 0 saturated carbocycles. The molecule has 1 aromatic carbocycles. The van der Waals surface area contributed by atoms with Crippen LogP contribution in [0.15, 0.2) is 21.5 Å². The monoisotopic (exact) mass is 343 g/mol. The van der Waals surface area contributed by atoms with Crippen molar-refractivity contribution in [3.05, 3.63) is 28.2 Å². The summed E-state index contributed by atoms with van der Waals surface area (Å²) in [5.41, 5.74) is 0. The first-order chi connectivity index (χ1) is 8.34. The van der Waals surface area contributed by atoms with E-state index >= 15 is 0 Å². The zero-order valence-corrected chi connectivity index (χ0v) is 11.9. The first-order valence-corrected chi connectivity index (χ1v) is 7.33. The van der Waals surface area contributed by atoms with Gasteiger partial charge in [-0.3, -0.25) is 0 Å². The SMILES string of the molecule is CCN(CCO)S(=O)(=O)c1c(F)cc(F)cc1Br. The molecule has 102 valence electrons. The van der Waals surface area contributed by atoms with Crippen LogP contribution in [0.4, 0.5) is 8.78 Å². The van der Waals surface area contributed by atoms with Crippen molar-refractivity contribution in [1.82, 2.24) is 4.31 Å². The summed E-state index contributed by atoms with van der Waals surface area (Å²) in [6.45, 7) is 1.10. The van der Waals surface area contributed by atoms with E-state index in [4.69, 9.17) is 5.11 Å². The number of halogens is 3. The molecule has 0 aliphatic heterocycles. The quantitative estimate of drug-likeness (QED) is 0.885. The van der Waals surface area contributed by atoms with Gasteiger partial charge < -0.3 is 5.11 Å². The third kappa shape index (κ3) is 3.05. The van der Waals surface area contributed by atoms with Gasteiger partial charge in [0.25, 0.3) is 0 Å². The Kier molecular flexibility index (Phi) is 5.20. The van der Waals surface area contributed by atoms with E-state index in [9.17, 15) is 17.2 Å². The minimum atomic E-state index is -4.11. The molecule has 0 radical (unpaired) electrons. The van der Waals surface area contributed by atoms with Crippen molar-refractivity contribution < 1.29 is 22.3 Å². The van der Waals surface area contributed by atoms with Gasteiger partial charge in [-0.05, 0) is 22.0 Å². The van der Waals surface area contributed by atoms with Crippen LogP contribution in [0.1, 0.15) is 6.92 Å².